The summed E-state index contributed by atoms with van der Waals surface area (Å²) in [4.78, 5) is 16.2. The Morgan fingerprint density at radius 1 is 1.17 bits per heavy atom. The number of rotatable bonds is 6. The molecule has 1 amide bonds. The van der Waals surface area contributed by atoms with Gasteiger partial charge in [-0.05, 0) is 24.7 Å². The van der Waals surface area contributed by atoms with E-state index in [1.807, 2.05) is 35.0 Å². The summed E-state index contributed by atoms with van der Waals surface area (Å²) >= 11 is 0. The number of nitrogens with one attached hydrogen (secondary N) is 1. The summed E-state index contributed by atoms with van der Waals surface area (Å²) < 4.78 is 10.5. The van der Waals surface area contributed by atoms with Gasteiger partial charge in [0.05, 0.1) is 20.8 Å². The number of halogens is 1. The lowest BCUT2D eigenvalue weighted by atomic mass is 10.2. The predicted octanol–water partition coefficient (Wildman–Crippen LogP) is 0.989. The second-order valence-electron chi connectivity index (χ2n) is 5.52. The number of nitrogens with zero attached hydrogens (tertiary/aromatic N) is 2. The fourth-order valence-electron chi connectivity index (χ4n) is 2.57. The number of methoxy groups -OCH3 is 2. The van der Waals surface area contributed by atoms with Crippen molar-refractivity contribution in [2.24, 2.45) is 0 Å². The van der Waals surface area contributed by atoms with E-state index in [1.165, 1.54) is 0 Å². The smallest absolute Gasteiger partial charge is 0.236 e. The topological polar surface area (TPSA) is 54.0 Å². The maximum Gasteiger partial charge on any atom is 0.236 e. The van der Waals surface area contributed by atoms with Gasteiger partial charge in [-0.1, -0.05) is 0 Å². The van der Waals surface area contributed by atoms with Gasteiger partial charge in [0.1, 0.15) is 11.5 Å². The molecule has 0 aromatic heterocycles. The molecule has 6 nitrogen and oxygen atoms in total. The van der Waals surface area contributed by atoms with Crippen molar-refractivity contribution in [2.75, 3.05) is 54.0 Å². The highest BCUT2D eigenvalue weighted by Gasteiger charge is 2.17. The van der Waals surface area contributed by atoms with Crippen LogP contribution in [0.15, 0.2) is 18.2 Å². The molecule has 1 aliphatic heterocycles. The van der Waals surface area contributed by atoms with E-state index in [-0.39, 0.29) is 18.3 Å². The van der Waals surface area contributed by atoms with E-state index in [4.69, 9.17) is 9.47 Å². The van der Waals surface area contributed by atoms with Gasteiger partial charge in [0.2, 0.25) is 5.91 Å². The van der Waals surface area contributed by atoms with Gasteiger partial charge in [0.25, 0.3) is 0 Å². The molecule has 0 bridgehead atoms. The van der Waals surface area contributed by atoms with Crippen LogP contribution in [-0.2, 0) is 11.3 Å². The molecule has 1 saturated heterocycles. The standard InChI is InChI=1S/C16H25N3O3.ClH/c1-18(12-16(20)19-6-4-17-5-7-19)11-13-8-14(21-2)10-15(9-13)22-3;/h8-10,17H,4-7,11-12H2,1-3H3;1H. The van der Waals surface area contributed by atoms with Crippen molar-refractivity contribution >= 4 is 18.3 Å². The molecule has 1 fully saturated rings. The molecule has 1 aromatic carbocycles. The largest absolute Gasteiger partial charge is 0.497 e. The normalized spacial score (nSPS) is 14.3. The molecule has 7 heteroatoms. The molecule has 2 rings (SSSR count). The van der Waals surface area contributed by atoms with Crippen LogP contribution in [0.25, 0.3) is 0 Å². The second kappa shape index (κ2) is 9.60. The summed E-state index contributed by atoms with van der Waals surface area (Å²) in [6.07, 6.45) is 0. The highest BCUT2D eigenvalue weighted by Crippen LogP contribution is 2.23. The van der Waals surface area contributed by atoms with E-state index in [2.05, 4.69) is 5.32 Å². The van der Waals surface area contributed by atoms with Crippen LogP contribution in [0.1, 0.15) is 5.56 Å². The maximum atomic E-state index is 12.3. The average molecular weight is 344 g/mol. The van der Waals surface area contributed by atoms with E-state index in [0.29, 0.717) is 13.1 Å². The van der Waals surface area contributed by atoms with Gasteiger partial charge in [0, 0.05) is 38.8 Å². The zero-order valence-electron chi connectivity index (χ0n) is 14.0. The molecule has 1 aromatic rings. The van der Waals surface area contributed by atoms with E-state index >= 15 is 0 Å². The van der Waals surface area contributed by atoms with Crippen molar-refractivity contribution in [2.45, 2.75) is 6.54 Å². The first kappa shape index (κ1) is 19.5. The van der Waals surface area contributed by atoms with Gasteiger partial charge >= 0.3 is 0 Å². The van der Waals surface area contributed by atoms with E-state index < -0.39 is 0 Å². The fraction of sp³-hybridized carbons (Fsp3) is 0.562. The average Bonchev–Trinajstić information content (AvgIpc) is 2.55. The Labute approximate surface area is 144 Å². The van der Waals surface area contributed by atoms with Crippen molar-refractivity contribution in [3.05, 3.63) is 23.8 Å². The number of carbonyl (C=O) groups is 1. The molecule has 0 unspecified atom stereocenters. The molecule has 0 aliphatic carbocycles. The fourth-order valence-corrected chi connectivity index (χ4v) is 2.57. The van der Waals surface area contributed by atoms with Gasteiger partial charge in [-0.15, -0.1) is 12.4 Å². The first-order chi connectivity index (χ1) is 10.6. The van der Waals surface area contributed by atoms with Crippen LogP contribution in [0.4, 0.5) is 0 Å². The number of likely N-dealkylation sites (N-methyl/N-ethyl adjacent to an activating group) is 1. The molecule has 130 valence electrons. The Bertz CT molecular complexity index is 485. The number of hydrogen-bond donors (Lipinski definition) is 1. The first-order valence-electron chi connectivity index (χ1n) is 7.51. The number of ether oxygens (including phenoxy) is 2. The Kier molecular flexibility index (Phi) is 8.16. The van der Waals surface area contributed by atoms with Gasteiger partial charge in [-0.2, -0.15) is 0 Å². The minimum atomic E-state index is 0. The minimum absolute atomic E-state index is 0. The van der Waals surface area contributed by atoms with Gasteiger partial charge < -0.3 is 19.7 Å². The molecule has 0 radical (unpaired) electrons. The lowest BCUT2D eigenvalue weighted by molar-refractivity contribution is -0.132. The van der Waals surface area contributed by atoms with E-state index in [0.717, 1.165) is 43.2 Å². The van der Waals surface area contributed by atoms with E-state index in [1.54, 1.807) is 14.2 Å². The zero-order chi connectivity index (χ0) is 15.9. The van der Waals surface area contributed by atoms with Crippen LogP contribution in [0, 0.1) is 0 Å². The number of benzene rings is 1. The van der Waals surface area contributed by atoms with Crippen molar-refractivity contribution in [1.29, 1.82) is 0 Å². The SMILES string of the molecule is COc1cc(CN(C)CC(=O)N2CCNCC2)cc(OC)c1.Cl. The van der Waals surface area contributed by atoms with Crippen molar-refractivity contribution in [3.8, 4) is 11.5 Å². The monoisotopic (exact) mass is 343 g/mol. The minimum Gasteiger partial charge on any atom is -0.497 e. The zero-order valence-corrected chi connectivity index (χ0v) is 14.8. The van der Waals surface area contributed by atoms with Crippen molar-refractivity contribution in [3.63, 3.8) is 0 Å². The molecule has 1 N–H and O–H groups in total. The molecular formula is C16H26ClN3O3. The van der Waals surface area contributed by atoms with Crippen molar-refractivity contribution in [1.82, 2.24) is 15.1 Å². The lowest BCUT2D eigenvalue weighted by Gasteiger charge is -2.29. The highest BCUT2D eigenvalue weighted by atomic mass is 35.5. The summed E-state index contributed by atoms with van der Waals surface area (Å²) in [5.74, 6) is 1.70. The third-order valence-corrected chi connectivity index (χ3v) is 3.74. The van der Waals surface area contributed by atoms with E-state index in [9.17, 15) is 4.79 Å². The third kappa shape index (κ3) is 5.89. The molecule has 0 spiro atoms. The molecule has 1 aliphatic rings. The Balaban J connectivity index is 0.00000264. The molecule has 23 heavy (non-hydrogen) atoms. The highest BCUT2D eigenvalue weighted by molar-refractivity contribution is 5.85. The van der Waals surface area contributed by atoms with Crippen LogP contribution >= 0.6 is 12.4 Å². The van der Waals surface area contributed by atoms with Gasteiger partial charge in [0.15, 0.2) is 0 Å². The summed E-state index contributed by atoms with van der Waals surface area (Å²) in [7, 11) is 5.22. The molecule has 0 atom stereocenters. The third-order valence-electron chi connectivity index (χ3n) is 3.74. The lowest BCUT2D eigenvalue weighted by Crippen LogP contribution is -2.49. The van der Waals surface area contributed by atoms with Gasteiger partial charge in [-0.25, -0.2) is 0 Å². The van der Waals surface area contributed by atoms with Crippen LogP contribution in [-0.4, -0.2) is 69.7 Å². The first-order valence-corrected chi connectivity index (χ1v) is 7.51. The Hall–Kier alpha value is -1.50. The number of carbonyl (C=O) groups excluding carboxylic acids is 1. The number of piperazine rings is 1. The Morgan fingerprint density at radius 3 is 2.26 bits per heavy atom. The quantitative estimate of drug-likeness (QED) is 0.835. The maximum absolute atomic E-state index is 12.3. The Morgan fingerprint density at radius 2 is 1.74 bits per heavy atom. The molecular weight excluding hydrogens is 318 g/mol. The summed E-state index contributed by atoms with van der Waals surface area (Å²) in [5.41, 5.74) is 1.06. The van der Waals surface area contributed by atoms with Crippen molar-refractivity contribution < 1.29 is 14.3 Å². The predicted molar refractivity (Wildman–Crippen MR) is 92.6 cm³/mol. The molecule has 1 heterocycles. The summed E-state index contributed by atoms with van der Waals surface area (Å²) in [6, 6.07) is 5.78. The summed E-state index contributed by atoms with van der Waals surface area (Å²) in [6.45, 7) is 4.43. The number of hydrogen-bond acceptors (Lipinski definition) is 5. The van der Waals surface area contributed by atoms with Crippen LogP contribution < -0.4 is 14.8 Å². The van der Waals surface area contributed by atoms with Gasteiger partial charge in [-0.3, -0.25) is 9.69 Å². The second-order valence-corrected chi connectivity index (χ2v) is 5.52. The van der Waals surface area contributed by atoms with Crippen LogP contribution in [0.3, 0.4) is 0 Å². The number of amides is 1. The van der Waals surface area contributed by atoms with Crippen LogP contribution in [0.2, 0.25) is 0 Å². The molecule has 0 saturated carbocycles. The van der Waals surface area contributed by atoms with Crippen LogP contribution in [0.5, 0.6) is 11.5 Å². The summed E-state index contributed by atoms with van der Waals surface area (Å²) in [5, 5.41) is 3.25.